The third-order valence-corrected chi connectivity index (χ3v) is 5.88. The van der Waals surface area contributed by atoms with Gasteiger partial charge in [-0.1, -0.05) is 18.2 Å². The molecule has 2 aliphatic heterocycles. The van der Waals surface area contributed by atoms with Crippen LogP contribution in [0.5, 0.6) is 11.5 Å². The first-order chi connectivity index (χ1) is 14.1. The molecular weight excluding hydrogens is 368 g/mol. The number of carbonyl (C=O) groups excluding carboxylic acids is 2. The van der Waals surface area contributed by atoms with E-state index in [-0.39, 0.29) is 17.9 Å². The van der Waals surface area contributed by atoms with Gasteiger partial charge in [0.05, 0.1) is 19.8 Å². The summed E-state index contributed by atoms with van der Waals surface area (Å²) in [5.41, 5.74) is 2.80. The van der Waals surface area contributed by atoms with Gasteiger partial charge in [0, 0.05) is 37.3 Å². The van der Waals surface area contributed by atoms with Crippen LogP contribution in [-0.4, -0.2) is 50.1 Å². The van der Waals surface area contributed by atoms with Gasteiger partial charge < -0.3 is 19.3 Å². The molecular formula is C23H26N2O4. The molecule has 152 valence electrons. The van der Waals surface area contributed by atoms with E-state index in [9.17, 15) is 9.59 Å². The van der Waals surface area contributed by atoms with Crippen LogP contribution in [0.15, 0.2) is 42.5 Å². The summed E-state index contributed by atoms with van der Waals surface area (Å²) in [6, 6.07) is 13.5. The standard InChI is InChI=1S/C23H26N2O4/c1-28-18-8-9-19(21(15-18)29-2)23(27)24-13-11-17(12-14-24)25-20-6-4-3-5-16(20)7-10-22(25)26/h3-6,8-9,15,17H,7,10-14H2,1-2H3. The zero-order valence-electron chi connectivity index (χ0n) is 16.9. The quantitative estimate of drug-likeness (QED) is 0.799. The number of rotatable bonds is 4. The highest BCUT2D eigenvalue weighted by molar-refractivity contribution is 5.98. The van der Waals surface area contributed by atoms with E-state index in [4.69, 9.17) is 9.47 Å². The van der Waals surface area contributed by atoms with Gasteiger partial charge in [0.1, 0.15) is 11.5 Å². The maximum Gasteiger partial charge on any atom is 0.257 e. The van der Waals surface area contributed by atoms with Gasteiger partial charge in [0.2, 0.25) is 5.91 Å². The average molecular weight is 394 g/mol. The number of ether oxygens (including phenoxy) is 2. The second-order valence-electron chi connectivity index (χ2n) is 7.48. The first-order valence-electron chi connectivity index (χ1n) is 10.0. The fraction of sp³-hybridized carbons (Fsp3) is 0.391. The van der Waals surface area contributed by atoms with E-state index in [1.165, 1.54) is 5.56 Å². The summed E-state index contributed by atoms with van der Waals surface area (Å²) in [5.74, 6) is 1.30. The van der Waals surface area contributed by atoms with Crippen molar-refractivity contribution in [3.8, 4) is 11.5 Å². The molecule has 0 atom stereocenters. The monoisotopic (exact) mass is 394 g/mol. The molecule has 6 nitrogen and oxygen atoms in total. The Kier molecular flexibility index (Phi) is 5.43. The second-order valence-corrected chi connectivity index (χ2v) is 7.48. The highest BCUT2D eigenvalue weighted by Crippen LogP contribution is 2.33. The van der Waals surface area contributed by atoms with Crippen LogP contribution >= 0.6 is 0 Å². The highest BCUT2D eigenvalue weighted by atomic mass is 16.5. The van der Waals surface area contributed by atoms with Crippen LogP contribution in [0.2, 0.25) is 0 Å². The van der Waals surface area contributed by atoms with Gasteiger partial charge in [-0.2, -0.15) is 0 Å². The summed E-state index contributed by atoms with van der Waals surface area (Å²) in [6.07, 6.45) is 2.90. The number of aryl methyl sites for hydroxylation is 1. The van der Waals surface area contributed by atoms with Crippen molar-refractivity contribution in [3.05, 3.63) is 53.6 Å². The Morgan fingerprint density at radius 3 is 2.48 bits per heavy atom. The van der Waals surface area contributed by atoms with Gasteiger partial charge >= 0.3 is 0 Å². The van der Waals surface area contributed by atoms with Crippen molar-refractivity contribution in [2.24, 2.45) is 0 Å². The van der Waals surface area contributed by atoms with Crippen LogP contribution in [0.4, 0.5) is 5.69 Å². The predicted molar refractivity (Wildman–Crippen MR) is 111 cm³/mol. The summed E-state index contributed by atoms with van der Waals surface area (Å²) >= 11 is 0. The number of carbonyl (C=O) groups is 2. The SMILES string of the molecule is COc1ccc(C(=O)N2CCC(N3C(=O)CCc4ccccc43)CC2)c(OC)c1. The first-order valence-corrected chi connectivity index (χ1v) is 10.0. The van der Waals surface area contributed by atoms with Crippen molar-refractivity contribution < 1.29 is 19.1 Å². The molecule has 6 heteroatoms. The molecule has 2 aliphatic rings. The largest absolute Gasteiger partial charge is 0.497 e. The van der Waals surface area contributed by atoms with Crippen molar-refractivity contribution in [3.63, 3.8) is 0 Å². The van der Waals surface area contributed by atoms with Crippen LogP contribution < -0.4 is 14.4 Å². The van der Waals surface area contributed by atoms with Gasteiger partial charge in [-0.25, -0.2) is 0 Å². The number of amides is 2. The van der Waals surface area contributed by atoms with Crippen LogP contribution in [0.25, 0.3) is 0 Å². The zero-order valence-corrected chi connectivity index (χ0v) is 16.9. The Labute approximate surface area is 171 Å². The van der Waals surface area contributed by atoms with E-state index in [1.54, 1.807) is 32.4 Å². The Bertz CT molecular complexity index is 919. The van der Waals surface area contributed by atoms with Gasteiger partial charge in [-0.3, -0.25) is 9.59 Å². The minimum absolute atomic E-state index is 0.0478. The highest BCUT2D eigenvalue weighted by Gasteiger charge is 2.34. The molecule has 0 N–H and O–H groups in total. The fourth-order valence-electron chi connectivity index (χ4n) is 4.33. The van der Waals surface area contributed by atoms with E-state index in [0.29, 0.717) is 36.6 Å². The number of hydrogen-bond acceptors (Lipinski definition) is 4. The van der Waals surface area contributed by atoms with Crippen molar-refractivity contribution in [1.29, 1.82) is 0 Å². The number of benzene rings is 2. The lowest BCUT2D eigenvalue weighted by atomic mass is 9.95. The number of piperidine rings is 1. The molecule has 0 aromatic heterocycles. The summed E-state index contributed by atoms with van der Waals surface area (Å²) in [5, 5.41) is 0. The Morgan fingerprint density at radius 1 is 1.00 bits per heavy atom. The number of fused-ring (bicyclic) bond motifs is 1. The van der Waals surface area contributed by atoms with Crippen molar-refractivity contribution >= 4 is 17.5 Å². The fourth-order valence-corrected chi connectivity index (χ4v) is 4.33. The van der Waals surface area contributed by atoms with Crippen molar-refractivity contribution in [1.82, 2.24) is 4.90 Å². The molecule has 29 heavy (non-hydrogen) atoms. The molecule has 2 heterocycles. The zero-order chi connectivity index (χ0) is 20.4. The maximum absolute atomic E-state index is 13.0. The predicted octanol–water partition coefficient (Wildman–Crippen LogP) is 3.29. The number of methoxy groups -OCH3 is 2. The molecule has 1 saturated heterocycles. The molecule has 0 radical (unpaired) electrons. The van der Waals surface area contributed by atoms with E-state index >= 15 is 0 Å². The summed E-state index contributed by atoms with van der Waals surface area (Å²) < 4.78 is 10.6. The molecule has 0 spiro atoms. The molecule has 1 fully saturated rings. The summed E-state index contributed by atoms with van der Waals surface area (Å²) in [6.45, 7) is 1.23. The van der Waals surface area contributed by atoms with Crippen LogP contribution in [-0.2, 0) is 11.2 Å². The Hall–Kier alpha value is -3.02. The number of nitrogens with zero attached hydrogens (tertiary/aromatic N) is 2. The molecule has 0 unspecified atom stereocenters. The lowest BCUT2D eigenvalue weighted by Crippen LogP contribution is -2.50. The van der Waals surface area contributed by atoms with E-state index in [2.05, 4.69) is 6.07 Å². The van der Waals surface area contributed by atoms with Crippen LogP contribution in [0, 0.1) is 0 Å². The molecule has 4 rings (SSSR count). The van der Waals surface area contributed by atoms with Gasteiger partial charge in [0.25, 0.3) is 5.91 Å². The van der Waals surface area contributed by atoms with Gasteiger partial charge in [-0.15, -0.1) is 0 Å². The van der Waals surface area contributed by atoms with E-state index < -0.39 is 0 Å². The normalized spacial score (nSPS) is 17.1. The number of likely N-dealkylation sites (tertiary alicyclic amines) is 1. The Balaban J connectivity index is 1.48. The van der Waals surface area contributed by atoms with E-state index in [0.717, 1.165) is 24.9 Å². The van der Waals surface area contributed by atoms with Gasteiger partial charge in [-0.05, 0) is 43.0 Å². The topological polar surface area (TPSA) is 59.1 Å². The van der Waals surface area contributed by atoms with Gasteiger partial charge in [0.15, 0.2) is 0 Å². The lowest BCUT2D eigenvalue weighted by molar-refractivity contribution is -0.119. The Morgan fingerprint density at radius 2 is 1.76 bits per heavy atom. The summed E-state index contributed by atoms with van der Waals surface area (Å²) in [7, 11) is 3.14. The molecule has 0 bridgehead atoms. The van der Waals surface area contributed by atoms with Crippen LogP contribution in [0.3, 0.4) is 0 Å². The van der Waals surface area contributed by atoms with Crippen molar-refractivity contribution in [2.45, 2.75) is 31.7 Å². The maximum atomic E-state index is 13.0. The third kappa shape index (κ3) is 3.67. The third-order valence-electron chi connectivity index (χ3n) is 5.88. The number of hydrogen-bond donors (Lipinski definition) is 0. The first kappa shape index (κ1) is 19.3. The smallest absolute Gasteiger partial charge is 0.257 e. The molecule has 2 aromatic carbocycles. The number of para-hydroxylation sites is 1. The number of anilines is 1. The lowest BCUT2D eigenvalue weighted by Gasteiger charge is -2.41. The molecule has 0 aliphatic carbocycles. The minimum atomic E-state index is -0.0478. The van der Waals surface area contributed by atoms with Crippen molar-refractivity contribution in [2.75, 3.05) is 32.2 Å². The molecule has 2 aromatic rings. The summed E-state index contributed by atoms with van der Waals surface area (Å²) in [4.78, 5) is 29.5. The minimum Gasteiger partial charge on any atom is -0.497 e. The van der Waals surface area contributed by atoms with Crippen LogP contribution in [0.1, 0.15) is 35.2 Å². The second kappa shape index (κ2) is 8.15. The molecule has 0 saturated carbocycles. The van der Waals surface area contributed by atoms with E-state index in [1.807, 2.05) is 28.0 Å². The molecule has 2 amide bonds. The average Bonchev–Trinajstić information content (AvgIpc) is 2.78.